The van der Waals surface area contributed by atoms with Crippen LogP contribution >= 0.6 is 23.2 Å². The van der Waals surface area contributed by atoms with Crippen molar-refractivity contribution in [2.75, 3.05) is 0 Å². The maximum atomic E-state index is 10.3. The normalized spacial score (nSPS) is 12.5. The van der Waals surface area contributed by atoms with Crippen molar-refractivity contribution in [3.05, 3.63) is 34.3 Å². The molecule has 70 valence electrons. The fourth-order valence-corrected chi connectivity index (χ4v) is 1.54. The predicted molar refractivity (Wildman–Crippen MR) is 55.6 cm³/mol. The van der Waals surface area contributed by atoms with Crippen molar-refractivity contribution in [2.24, 2.45) is 0 Å². The molecule has 0 heterocycles. The third kappa shape index (κ3) is 3.02. The average Bonchev–Trinajstić information content (AvgIpc) is 2.09. The minimum atomic E-state index is -0.445. The first-order chi connectivity index (χ1) is 6.13. The van der Waals surface area contributed by atoms with Crippen molar-refractivity contribution < 1.29 is 4.79 Å². The van der Waals surface area contributed by atoms with Gasteiger partial charge in [-0.05, 0) is 36.6 Å². The van der Waals surface area contributed by atoms with Gasteiger partial charge < -0.3 is 4.79 Å². The van der Waals surface area contributed by atoms with E-state index in [2.05, 4.69) is 0 Å². The van der Waals surface area contributed by atoms with Crippen LogP contribution in [0.3, 0.4) is 0 Å². The van der Waals surface area contributed by atoms with Gasteiger partial charge in [0.1, 0.15) is 6.29 Å². The summed E-state index contributed by atoms with van der Waals surface area (Å²) in [5, 5.41) is 0.262. The molecule has 1 atom stereocenters. The summed E-state index contributed by atoms with van der Waals surface area (Å²) in [6, 6.07) is 5.57. The first kappa shape index (κ1) is 10.6. The average molecular weight is 217 g/mol. The van der Waals surface area contributed by atoms with Gasteiger partial charge in [0.15, 0.2) is 0 Å². The second-order valence-corrected chi connectivity index (χ2v) is 3.92. The van der Waals surface area contributed by atoms with E-state index < -0.39 is 5.38 Å². The summed E-state index contributed by atoms with van der Waals surface area (Å²) >= 11 is 11.5. The van der Waals surface area contributed by atoms with Gasteiger partial charge in [-0.3, -0.25) is 0 Å². The van der Waals surface area contributed by atoms with E-state index in [4.69, 9.17) is 23.2 Å². The molecule has 0 aromatic heterocycles. The van der Waals surface area contributed by atoms with Crippen molar-refractivity contribution >= 4 is 29.5 Å². The Morgan fingerprint density at radius 2 is 2.23 bits per heavy atom. The van der Waals surface area contributed by atoms with Crippen molar-refractivity contribution in [3.8, 4) is 0 Å². The van der Waals surface area contributed by atoms with Gasteiger partial charge in [-0.2, -0.15) is 0 Å². The highest BCUT2D eigenvalue weighted by atomic mass is 35.5. The van der Waals surface area contributed by atoms with Crippen LogP contribution in [0, 0.1) is 6.92 Å². The number of hydrogen-bond acceptors (Lipinski definition) is 1. The summed E-state index contributed by atoms with van der Waals surface area (Å²) in [5.74, 6) is 0. The molecule has 1 aromatic rings. The second-order valence-electron chi connectivity index (χ2n) is 2.93. The Hall–Kier alpha value is -0.530. The molecule has 1 rings (SSSR count). The summed E-state index contributed by atoms with van der Waals surface area (Å²) in [7, 11) is 0. The summed E-state index contributed by atoms with van der Waals surface area (Å²) in [4.78, 5) is 10.3. The Bertz CT molecular complexity index is 310. The van der Waals surface area contributed by atoms with E-state index in [1.54, 1.807) is 6.07 Å². The SMILES string of the molecule is Cc1cc(Cl)ccc1CC(Cl)C=O. The molecular weight excluding hydrogens is 207 g/mol. The van der Waals surface area contributed by atoms with E-state index in [9.17, 15) is 4.79 Å². The van der Waals surface area contributed by atoms with Crippen LogP contribution in [0.4, 0.5) is 0 Å². The fraction of sp³-hybridized carbons (Fsp3) is 0.300. The van der Waals surface area contributed by atoms with Gasteiger partial charge in [-0.25, -0.2) is 0 Å². The van der Waals surface area contributed by atoms with Crippen molar-refractivity contribution in [1.82, 2.24) is 0 Å². The van der Waals surface area contributed by atoms with Crippen LogP contribution in [0.1, 0.15) is 11.1 Å². The van der Waals surface area contributed by atoms with Crippen LogP contribution in [-0.2, 0) is 11.2 Å². The number of aldehydes is 1. The van der Waals surface area contributed by atoms with Gasteiger partial charge in [0, 0.05) is 5.02 Å². The lowest BCUT2D eigenvalue weighted by atomic mass is 10.0. The Balaban J connectivity index is 2.83. The zero-order valence-electron chi connectivity index (χ0n) is 7.26. The monoisotopic (exact) mass is 216 g/mol. The molecule has 0 fully saturated rings. The van der Waals surface area contributed by atoms with Gasteiger partial charge in [0.25, 0.3) is 0 Å². The summed E-state index contributed by atoms with van der Waals surface area (Å²) in [6.45, 7) is 1.95. The summed E-state index contributed by atoms with van der Waals surface area (Å²) in [5.41, 5.74) is 2.14. The molecule has 0 aliphatic carbocycles. The number of carbonyl (C=O) groups is 1. The van der Waals surface area contributed by atoms with Gasteiger partial charge in [0.05, 0.1) is 5.38 Å². The molecule has 1 nitrogen and oxygen atoms in total. The molecule has 0 amide bonds. The van der Waals surface area contributed by atoms with E-state index in [1.165, 1.54) is 0 Å². The van der Waals surface area contributed by atoms with Gasteiger partial charge >= 0.3 is 0 Å². The van der Waals surface area contributed by atoms with E-state index in [1.807, 2.05) is 19.1 Å². The lowest BCUT2D eigenvalue weighted by molar-refractivity contribution is -0.107. The van der Waals surface area contributed by atoms with Gasteiger partial charge in [-0.1, -0.05) is 17.7 Å². The number of benzene rings is 1. The number of hydrogen-bond donors (Lipinski definition) is 0. The second kappa shape index (κ2) is 4.64. The molecule has 1 unspecified atom stereocenters. The molecule has 0 bridgehead atoms. The van der Waals surface area contributed by atoms with E-state index >= 15 is 0 Å². The lowest BCUT2D eigenvalue weighted by Gasteiger charge is -2.06. The summed E-state index contributed by atoms with van der Waals surface area (Å²) in [6.07, 6.45) is 1.31. The molecule has 0 spiro atoms. The number of rotatable bonds is 3. The van der Waals surface area contributed by atoms with Gasteiger partial charge in [-0.15, -0.1) is 11.6 Å². The minimum absolute atomic E-state index is 0.445. The number of halogens is 2. The standard InChI is InChI=1S/C10H10Cl2O/c1-7-4-9(11)3-2-8(7)5-10(12)6-13/h2-4,6,10H,5H2,1H3. The zero-order chi connectivity index (χ0) is 9.84. The predicted octanol–water partition coefficient (Wildman–Crippen LogP) is 3.00. The fourth-order valence-electron chi connectivity index (χ4n) is 1.15. The zero-order valence-corrected chi connectivity index (χ0v) is 8.77. The van der Waals surface area contributed by atoms with E-state index in [0.717, 1.165) is 17.4 Å². The smallest absolute Gasteiger partial charge is 0.138 e. The molecule has 13 heavy (non-hydrogen) atoms. The first-order valence-electron chi connectivity index (χ1n) is 3.98. The van der Waals surface area contributed by atoms with Crippen LogP contribution in [0.15, 0.2) is 18.2 Å². The topological polar surface area (TPSA) is 17.1 Å². The van der Waals surface area contributed by atoms with Crippen LogP contribution < -0.4 is 0 Å². The summed E-state index contributed by atoms with van der Waals surface area (Å²) < 4.78 is 0. The van der Waals surface area contributed by atoms with Crippen LogP contribution in [-0.4, -0.2) is 11.7 Å². The highest BCUT2D eigenvalue weighted by molar-refractivity contribution is 6.30. The molecule has 0 aliphatic heterocycles. The molecule has 0 radical (unpaired) electrons. The Morgan fingerprint density at radius 1 is 1.54 bits per heavy atom. The third-order valence-electron chi connectivity index (χ3n) is 1.87. The number of carbonyl (C=O) groups excluding carboxylic acids is 1. The Kier molecular flexibility index (Phi) is 3.76. The number of aryl methyl sites for hydroxylation is 1. The van der Waals surface area contributed by atoms with Gasteiger partial charge in [0.2, 0.25) is 0 Å². The molecular formula is C10H10Cl2O. The third-order valence-corrected chi connectivity index (χ3v) is 2.36. The molecule has 0 aliphatic rings. The Labute approximate surface area is 87.7 Å². The van der Waals surface area contributed by atoms with Crippen molar-refractivity contribution in [3.63, 3.8) is 0 Å². The van der Waals surface area contributed by atoms with Crippen molar-refractivity contribution in [2.45, 2.75) is 18.7 Å². The largest absolute Gasteiger partial charge is 0.302 e. The minimum Gasteiger partial charge on any atom is -0.302 e. The quantitative estimate of drug-likeness (QED) is 0.561. The van der Waals surface area contributed by atoms with Crippen LogP contribution in [0.25, 0.3) is 0 Å². The molecule has 3 heteroatoms. The molecule has 0 saturated heterocycles. The lowest BCUT2D eigenvalue weighted by Crippen LogP contribution is -2.05. The number of alkyl halides is 1. The molecule has 0 saturated carbocycles. The first-order valence-corrected chi connectivity index (χ1v) is 4.79. The Morgan fingerprint density at radius 3 is 2.77 bits per heavy atom. The molecule has 0 N–H and O–H groups in total. The van der Waals surface area contributed by atoms with E-state index in [-0.39, 0.29) is 0 Å². The van der Waals surface area contributed by atoms with E-state index in [0.29, 0.717) is 11.4 Å². The maximum absolute atomic E-state index is 10.3. The highest BCUT2D eigenvalue weighted by Gasteiger charge is 2.06. The maximum Gasteiger partial charge on any atom is 0.138 e. The van der Waals surface area contributed by atoms with Crippen molar-refractivity contribution in [1.29, 1.82) is 0 Å². The van der Waals surface area contributed by atoms with Crippen LogP contribution in [0.5, 0.6) is 0 Å². The highest BCUT2D eigenvalue weighted by Crippen LogP contribution is 2.17. The van der Waals surface area contributed by atoms with Crippen LogP contribution in [0.2, 0.25) is 5.02 Å². The molecule has 1 aromatic carbocycles.